The number of carbonyl (C=O) groups is 2. The molecule has 0 radical (unpaired) electrons. The van der Waals surface area contributed by atoms with Gasteiger partial charge in [0, 0.05) is 32.5 Å². The number of hydrogen-bond donors (Lipinski definition) is 1. The van der Waals surface area contributed by atoms with Gasteiger partial charge in [-0.15, -0.1) is 0 Å². The van der Waals surface area contributed by atoms with E-state index in [1.165, 1.54) is 36.1 Å². The molecule has 0 aliphatic carbocycles. The van der Waals surface area contributed by atoms with Crippen LogP contribution in [0.25, 0.3) is 0 Å². The minimum atomic E-state index is -0.573. The molecule has 3 rings (SSSR count). The van der Waals surface area contributed by atoms with Crippen molar-refractivity contribution in [2.45, 2.75) is 0 Å². The number of aromatic nitrogens is 2. The lowest BCUT2D eigenvalue weighted by atomic mass is 10.2. The molecule has 0 unspecified atom stereocenters. The molecular formula is C17H17ClN4O4. The van der Waals surface area contributed by atoms with E-state index in [0.717, 1.165) is 0 Å². The van der Waals surface area contributed by atoms with Gasteiger partial charge in [0.1, 0.15) is 10.8 Å². The van der Waals surface area contributed by atoms with Crippen LogP contribution in [0, 0.1) is 0 Å². The van der Waals surface area contributed by atoms with E-state index in [1.54, 1.807) is 11.0 Å². The number of halogens is 1. The maximum atomic E-state index is 12.6. The van der Waals surface area contributed by atoms with E-state index in [0.29, 0.717) is 31.9 Å². The van der Waals surface area contributed by atoms with E-state index >= 15 is 0 Å². The van der Waals surface area contributed by atoms with Crippen LogP contribution in [-0.2, 0) is 11.8 Å². The van der Waals surface area contributed by atoms with E-state index in [4.69, 9.17) is 16.3 Å². The summed E-state index contributed by atoms with van der Waals surface area (Å²) in [5.41, 5.74) is 0.0103. The van der Waals surface area contributed by atoms with Crippen molar-refractivity contribution in [3.05, 3.63) is 57.2 Å². The molecule has 1 saturated heterocycles. The fourth-order valence-electron chi connectivity index (χ4n) is 2.61. The fraction of sp³-hybridized carbons (Fsp3) is 0.294. The standard InChI is InChI=1S/C17H17ClN4O4/c1-21-10-11(16(24)22-5-7-26-8-6-22)9-13(17(21)25)20-15(23)12-3-2-4-19-14(12)18/h2-4,9-10H,5-8H2,1H3,(H,20,23). The van der Waals surface area contributed by atoms with Crippen molar-refractivity contribution in [3.63, 3.8) is 0 Å². The number of anilines is 1. The van der Waals surface area contributed by atoms with E-state index in [9.17, 15) is 14.4 Å². The minimum absolute atomic E-state index is 0.00321. The quantitative estimate of drug-likeness (QED) is 0.811. The molecule has 0 spiro atoms. The highest BCUT2D eigenvalue weighted by atomic mass is 35.5. The number of nitrogens with zero attached hydrogens (tertiary/aromatic N) is 3. The zero-order valence-electron chi connectivity index (χ0n) is 14.1. The van der Waals surface area contributed by atoms with Gasteiger partial charge in [0.15, 0.2) is 0 Å². The van der Waals surface area contributed by atoms with Gasteiger partial charge in [-0.2, -0.15) is 0 Å². The number of amides is 2. The van der Waals surface area contributed by atoms with Crippen molar-refractivity contribution in [3.8, 4) is 0 Å². The molecule has 1 aliphatic heterocycles. The van der Waals surface area contributed by atoms with Crippen LogP contribution in [0.3, 0.4) is 0 Å². The molecule has 2 amide bonds. The van der Waals surface area contributed by atoms with Gasteiger partial charge in [-0.05, 0) is 18.2 Å². The van der Waals surface area contributed by atoms with Crippen LogP contribution in [0.5, 0.6) is 0 Å². The average molecular weight is 377 g/mol. The summed E-state index contributed by atoms with van der Waals surface area (Å²) in [5, 5.41) is 2.54. The second-order valence-electron chi connectivity index (χ2n) is 5.76. The van der Waals surface area contributed by atoms with E-state index < -0.39 is 11.5 Å². The van der Waals surface area contributed by atoms with E-state index in [-0.39, 0.29) is 22.3 Å². The molecule has 3 heterocycles. The van der Waals surface area contributed by atoms with Gasteiger partial charge in [-0.25, -0.2) is 4.98 Å². The molecule has 136 valence electrons. The Bertz CT molecular complexity index is 906. The molecule has 0 aromatic carbocycles. The summed E-state index contributed by atoms with van der Waals surface area (Å²) in [6, 6.07) is 4.44. The highest BCUT2D eigenvalue weighted by Gasteiger charge is 2.21. The second kappa shape index (κ2) is 7.67. The first kappa shape index (κ1) is 18.1. The number of morpholine rings is 1. The zero-order chi connectivity index (χ0) is 18.7. The Labute approximate surface area is 154 Å². The van der Waals surface area contributed by atoms with Gasteiger partial charge < -0.3 is 19.5 Å². The van der Waals surface area contributed by atoms with E-state index in [2.05, 4.69) is 10.3 Å². The molecule has 1 fully saturated rings. The van der Waals surface area contributed by atoms with Gasteiger partial charge in [0.25, 0.3) is 17.4 Å². The largest absolute Gasteiger partial charge is 0.378 e. The van der Waals surface area contributed by atoms with Crippen LogP contribution in [0.1, 0.15) is 20.7 Å². The Morgan fingerprint density at radius 3 is 2.73 bits per heavy atom. The SMILES string of the molecule is Cn1cc(C(=O)N2CCOCC2)cc(NC(=O)c2cccnc2Cl)c1=O. The molecule has 2 aromatic rings. The molecular weight excluding hydrogens is 360 g/mol. The van der Waals surface area contributed by atoms with Crippen molar-refractivity contribution >= 4 is 29.1 Å². The second-order valence-corrected chi connectivity index (χ2v) is 6.12. The van der Waals surface area contributed by atoms with Gasteiger partial charge >= 0.3 is 0 Å². The van der Waals surface area contributed by atoms with Crippen LogP contribution >= 0.6 is 11.6 Å². The zero-order valence-corrected chi connectivity index (χ0v) is 14.8. The molecule has 0 atom stereocenters. The monoisotopic (exact) mass is 376 g/mol. The Hall–Kier alpha value is -2.71. The Balaban J connectivity index is 1.89. The Morgan fingerprint density at radius 2 is 2.04 bits per heavy atom. The van der Waals surface area contributed by atoms with Crippen LogP contribution in [0.15, 0.2) is 35.4 Å². The number of carbonyl (C=O) groups excluding carboxylic acids is 2. The summed E-state index contributed by atoms with van der Waals surface area (Å²) in [5.74, 6) is -0.796. The highest BCUT2D eigenvalue weighted by Crippen LogP contribution is 2.15. The summed E-state index contributed by atoms with van der Waals surface area (Å²) in [6.45, 7) is 1.91. The van der Waals surface area contributed by atoms with Gasteiger partial charge in [-0.3, -0.25) is 14.4 Å². The van der Waals surface area contributed by atoms with Crippen molar-refractivity contribution in [1.29, 1.82) is 0 Å². The molecule has 0 bridgehead atoms. The average Bonchev–Trinajstić information content (AvgIpc) is 2.65. The summed E-state index contributed by atoms with van der Waals surface area (Å²) < 4.78 is 6.50. The summed E-state index contributed by atoms with van der Waals surface area (Å²) in [7, 11) is 1.52. The van der Waals surface area contributed by atoms with Gasteiger partial charge in [0.05, 0.1) is 24.3 Å². The lowest BCUT2D eigenvalue weighted by Gasteiger charge is -2.27. The van der Waals surface area contributed by atoms with E-state index in [1.807, 2.05) is 0 Å². The van der Waals surface area contributed by atoms with Crippen LogP contribution in [0.2, 0.25) is 5.15 Å². The van der Waals surface area contributed by atoms with Crippen molar-refractivity contribution in [2.75, 3.05) is 31.6 Å². The van der Waals surface area contributed by atoms with Crippen LogP contribution < -0.4 is 10.9 Å². The summed E-state index contributed by atoms with van der Waals surface area (Å²) in [4.78, 5) is 42.8. The molecule has 26 heavy (non-hydrogen) atoms. The topological polar surface area (TPSA) is 93.5 Å². The molecule has 8 nitrogen and oxygen atoms in total. The number of ether oxygens (including phenoxy) is 1. The summed E-state index contributed by atoms with van der Waals surface area (Å²) >= 11 is 5.91. The number of aryl methyl sites for hydroxylation is 1. The van der Waals surface area contributed by atoms with Crippen molar-refractivity contribution < 1.29 is 14.3 Å². The molecule has 9 heteroatoms. The third kappa shape index (κ3) is 3.76. The van der Waals surface area contributed by atoms with Gasteiger partial charge in [0.2, 0.25) is 0 Å². The lowest BCUT2D eigenvalue weighted by Crippen LogP contribution is -2.41. The minimum Gasteiger partial charge on any atom is -0.378 e. The predicted octanol–water partition coefficient (Wildman–Crippen LogP) is 1.16. The molecule has 0 saturated carbocycles. The molecule has 1 N–H and O–H groups in total. The number of nitrogens with one attached hydrogen (secondary N) is 1. The first-order valence-corrected chi connectivity index (χ1v) is 8.34. The highest BCUT2D eigenvalue weighted by molar-refractivity contribution is 6.33. The normalized spacial score (nSPS) is 14.2. The number of rotatable bonds is 3. The number of pyridine rings is 2. The molecule has 1 aliphatic rings. The Morgan fingerprint density at radius 1 is 1.31 bits per heavy atom. The lowest BCUT2D eigenvalue weighted by molar-refractivity contribution is 0.0302. The Kier molecular flexibility index (Phi) is 5.34. The van der Waals surface area contributed by atoms with Crippen LogP contribution in [0.4, 0.5) is 5.69 Å². The van der Waals surface area contributed by atoms with Crippen molar-refractivity contribution in [2.24, 2.45) is 7.05 Å². The van der Waals surface area contributed by atoms with Crippen LogP contribution in [-0.4, -0.2) is 52.6 Å². The third-order valence-corrected chi connectivity index (χ3v) is 4.28. The van der Waals surface area contributed by atoms with Gasteiger partial charge in [-0.1, -0.05) is 11.6 Å². The fourth-order valence-corrected chi connectivity index (χ4v) is 2.82. The maximum absolute atomic E-state index is 12.6. The molecule has 2 aromatic heterocycles. The third-order valence-electron chi connectivity index (χ3n) is 3.98. The first-order valence-electron chi connectivity index (χ1n) is 7.97. The maximum Gasteiger partial charge on any atom is 0.274 e. The smallest absolute Gasteiger partial charge is 0.274 e. The predicted molar refractivity (Wildman–Crippen MR) is 95.6 cm³/mol. The summed E-state index contributed by atoms with van der Waals surface area (Å²) in [6.07, 6.45) is 2.91. The number of hydrogen-bond acceptors (Lipinski definition) is 5. The van der Waals surface area contributed by atoms with Crippen molar-refractivity contribution in [1.82, 2.24) is 14.5 Å². The first-order chi connectivity index (χ1) is 12.5.